The number of nitrogens with one attached hydrogen (secondary N) is 1. The van der Waals surface area contributed by atoms with Crippen LogP contribution in [0.15, 0.2) is 24.3 Å². The molecule has 2 amide bonds. The van der Waals surface area contributed by atoms with Crippen molar-refractivity contribution in [1.82, 2.24) is 15.1 Å². The molecule has 1 aromatic carbocycles. The largest absolute Gasteiger partial charge is 0.365 e. The Kier molecular flexibility index (Phi) is 6.58. The molecule has 0 spiro atoms. The predicted octanol–water partition coefficient (Wildman–Crippen LogP) is 1.32. The van der Waals surface area contributed by atoms with Crippen molar-refractivity contribution < 1.29 is 14.0 Å². The number of halogens is 1. The second-order valence-electron chi connectivity index (χ2n) is 7.79. The molecular formula is C19H29FN4O2. The summed E-state index contributed by atoms with van der Waals surface area (Å²) < 4.78 is 13.0. The van der Waals surface area contributed by atoms with Crippen LogP contribution in [0.2, 0.25) is 0 Å². The van der Waals surface area contributed by atoms with Crippen LogP contribution in [0.25, 0.3) is 0 Å². The minimum Gasteiger partial charge on any atom is -0.365 e. The van der Waals surface area contributed by atoms with E-state index in [2.05, 4.69) is 10.2 Å². The normalized spacial score (nSPS) is 15.7. The topological polar surface area (TPSA) is 55.9 Å². The molecule has 1 fully saturated rings. The monoisotopic (exact) mass is 364 g/mol. The molecule has 1 aromatic rings. The average Bonchev–Trinajstić information content (AvgIpc) is 2.54. The first-order chi connectivity index (χ1) is 12.1. The number of carbonyl (C=O) groups excluding carboxylic acids is 2. The predicted molar refractivity (Wildman–Crippen MR) is 101 cm³/mol. The number of hydrogen-bond acceptors (Lipinski definition) is 4. The van der Waals surface area contributed by atoms with Crippen LogP contribution < -0.4 is 10.2 Å². The first-order valence-electron chi connectivity index (χ1n) is 8.92. The van der Waals surface area contributed by atoms with Gasteiger partial charge in [0, 0.05) is 44.5 Å². The van der Waals surface area contributed by atoms with Gasteiger partial charge in [0.1, 0.15) is 5.82 Å². The summed E-state index contributed by atoms with van der Waals surface area (Å²) in [4.78, 5) is 30.2. The van der Waals surface area contributed by atoms with Crippen LogP contribution in [-0.4, -0.2) is 73.5 Å². The molecule has 0 aliphatic carbocycles. The fraction of sp³-hybridized carbons (Fsp3) is 0.579. The Balaban J connectivity index is 1.77. The van der Waals surface area contributed by atoms with Gasteiger partial charge < -0.3 is 15.1 Å². The summed E-state index contributed by atoms with van der Waals surface area (Å²) >= 11 is 0. The lowest BCUT2D eigenvalue weighted by molar-refractivity contribution is -0.131. The van der Waals surface area contributed by atoms with Crippen molar-refractivity contribution in [3.63, 3.8) is 0 Å². The summed E-state index contributed by atoms with van der Waals surface area (Å²) in [7, 11) is 1.82. The van der Waals surface area contributed by atoms with Crippen molar-refractivity contribution in [2.24, 2.45) is 0 Å². The van der Waals surface area contributed by atoms with Crippen molar-refractivity contribution in [3.8, 4) is 0 Å². The first kappa shape index (κ1) is 20.2. The number of piperazine rings is 1. The number of anilines is 1. The SMILES string of the molecule is CN(CC(=O)N1CCN(CC(=O)NC(C)(C)C)CC1)c1ccc(F)cc1. The number of amides is 2. The van der Waals surface area contributed by atoms with E-state index in [1.165, 1.54) is 12.1 Å². The molecule has 0 bridgehead atoms. The van der Waals surface area contributed by atoms with Gasteiger partial charge in [0.2, 0.25) is 11.8 Å². The van der Waals surface area contributed by atoms with Gasteiger partial charge in [0.25, 0.3) is 0 Å². The molecule has 0 unspecified atom stereocenters. The van der Waals surface area contributed by atoms with Gasteiger partial charge in [0.15, 0.2) is 0 Å². The summed E-state index contributed by atoms with van der Waals surface area (Å²) in [5, 5.41) is 2.95. The summed E-state index contributed by atoms with van der Waals surface area (Å²) in [6.45, 7) is 9.06. The average molecular weight is 364 g/mol. The Morgan fingerprint density at radius 3 is 2.23 bits per heavy atom. The molecule has 1 heterocycles. The van der Waals surface area contributed by atoms with Crippen molar-refractivity contribution in [1.29, 1.82) is 0 Å². The molecule has 0 radical (unpaired) electrons. The first-order valence-corrected chi connectivity index (χ1v) is 8.92. The van der Waals surface area contributed by atoms with Gasteiger partial charge in [-0.05, 0) is 45.0 Å². The van der Waals surface area contributed by atoms with E-state index in [1.807, 2.05) is 37.6 Å². The molecule has 0 saturated carbocycles. The smallest absolute Gasteiger partial charge is 0.242 e. The molecule has 0 atom stereocenters. The number of benzene rings is 1. The summed E-state index contributed by atoms with van der Waals surface area (Å²) in [5.74, 6) is -0.246. The standard InChI is InChI=1S/C19H29FN4O2/c1-19(2,3)21-17(25)13-23-9-11-24(12-10-23)18(26)14-22(4)16-7-5-15(20)6-8-16/h5-8H,9-14H2,1-4H3,(H,21,25). The van der Waals surface area contributed by atoms with E-state index in [1.54, 1.807) is 12.1 Å². The van der Waals surface area contributed by atoms with Crippen LogP contribution in [0.5, 0.6) is 0 Å². The highest BCUT2D eigenvalue weighted by atomic mass is 19.1. The molecular weight excluding hydrogens is 335 g/mol. The third-order valence-electron chi connectivity index (χ3n) is 4.25. The Hall–Kier alpha value is -2.15. The van der Waals surface area contributed by atoms with Gasteiger partial charge in [0.05, 0.1) is 13.1 Å². The lowest BCUT2D eigenvalue weighted by Gasteiger charge is -2.35. The molecule has 1 aliphatic heterocycles. The van der Waals surface area contributed by atoms with Crippen LogP contribution in [0, 0.1) is 5.82 Å². The van der Waals surface area contributed by atoms with Crippen LogP contribution >= 0.6 is 0 Å². The van der Waals surface area contributed by atoms with E-state index in [0.29, 0.717) is 32.7 Å². The van der Waals surface area contributed by atoms with Crippen molar-refractivity contribution >= 4 is 17.5 Å². The van der Waals surface area contributed by atoms with Crippen molar-refractivity contribution in [2.45, 2.75) is 26.3 Å². The molecule has 1 aliphatic rings. The minimum absolute atomic E-state index is 0.00770. The fourth-order valence-corrected chi connectivity index (χ4v) is 2.91. The third-order valence-corrected chi connectivity index (χ3v) is 4.25. The number of nitrogens with zero attached hydrogens (tertiary/aromatic N) is 3. The third kappa shape index (κ3) is 6.29. The summed E-state index contributed by atoms with van der Waals surface area (Å²) in [6.07, 6.45) is 0. The van der Waals surface area contributed by atoms with Crippen molar-refractivity contribution in [3.05, 3.63) is 30.1 Å². The van der Waals surface area contributed by atoms with Crippen molar-refractivity contribution in [2.75, 3.05) is 51.2 Å². The van der Waals surface area contributed by atoms with Crippen LogP contribution in [0.1, 0.15) is 20.8 Å². The maximum absolute atomic E-state index is 13.0. The van der Waals surface area contributed by atoms with Gasteiger partial charge >= 0.3 is 0 Å². The van der Waals surface area contributed by atoms with Crippen LogP contribution in [0.4, 0.5) is 10.1 Å². The highest BCUT2D eigenvalue weighted by molar-refractivity contribution is 5.81. The highest BCUT2D eigenvalue weighted by Gasteiger charge is 2.24. The van der Waals surface area contributed by atoms with Crippen LogP contribution in [0.3, 0.4) is 0 Å². The Morgan fingerprint density at radius 1 is 1.12 bits per heavy atom. The highest BCUT2D eigenvalue weighted by Crippen LogP contribution is 2.13. The van der Waals surface area contributed by atoms with Gasteiger partial charge in [-0.2, -0.15) is 0 Å². The maximum Gasteiger partial charge on any atom is 0.242 e. The fourth-order valence-electron chi connectivity index (χ4n) is 2.91. The molecule has 1 N–H and O–H groups in total. The zero-order valence-corrected chi connectivity index (χ0v) is 16.1. The number of likely N-dealkylation sites (N-methyl/N-ethyl adjacent to an activating group) is 1. The molecule has 144 valence electrons. The second kappa shape index (κ2) is 8.49. The van der Waals surface area contributed by atoms with Crippen LogP contribution in [-0.2, 0) is 9.59 Å². The molecule has 26 heavy (non-hydrogen) atoms. The maximum atomic E-state index is 13.0. The Bertz CT molecular complexity index is 619. The zero-order valence-electron chi connectivity index (χ0n) is 16.1. The molecule has 1 saturated heterocycles. The molecule has 6 nitrogen and oxygen atoms in total. The zero-order chi connectivity index (χ0) is 19.3. The van der Waals surface area contributed by atoms with E-state index in [0.717, 1.165) is 5.69 Å². The minimum atomic E-state index is -0.292. The van der Waals surface area contributed by atoms with Gasteiger partial charge in [-0.15, -0.1) is 0 Å². The summed E-state index contributed by atoms with van der Waals surface area (Å²) in [6, 6.07) is 6.10. The quantitative estimate of drug-likeness (QED) is 0.856. The van der Waals surface area contributed by atoms with E-state index in [-0.39, 0.29) is 29.7 Å². The van der Waals surface area contributed by atoms with E-state index in [4.69, 9.17) is 0 Å². The molecule has 7 heteroatoms. The number of hydrogen-bond donors (Lipinski definition) is 1. The Morgan fingerprint density at radius 2 is 1.69 bits per heavy atom. The summed E-state index contributed by atoms with van der Waals surface area (Å²) in [5.41, 5.74) is 0.567. The second-order valence-corrected chi connectivity index (χ2v) is 7.79. The van der Waals surface area contributed by atoms with Gasteiger partial charge in [-0.25, -0.2) is 4.39 Å². The van der Waals surface area contributed by atoms with Gasteiger partial charge in [-0.1, -0.05) is 0 Å². The molecule has 0 aromatic heterocycles. The van der Waals surface area contributed by atoms with E-state index >= 15 is 0 Å². The lowest BCUT2D eigenvalue weighted by atomic mass is 10.1. The number of rotatable bonds is 5. The Labute approximate surface area is 154 Å². The number of carbonyl (C=O) groups is 2. The lowest BCUT2D eigenvalue weighted by Crippen LogP contribution is -2.54. The van der Waals surface area contributed by atoms with E-state index in [9.17, 15) is 14.0 Å². The molecule has 2 rings (SSSR count). The van der Waals surface area contributed by atoms with E-state index < -0.39 is 0 Å². The van der Waals surface area contributed by atoms with Gasteiger partial charge in [-0.3, -0.25) is 14.5 Å².